The van der Waals surface area contributed by atoms with E-state index in [0.29, 0.717) is 35.8 Å². The lowest BCUT2D eigenvalue weighted by molar-refractivity contribution is 0.0953. The lowest BCUT2D eigenvalue weighted by Crippen LogP contribution is -2.26. The van der Waals surface area contributed by atoms with Gasteiger partial charge in [-0.15, -0.1) is 0 Å². The molecule has 0 saturated heterocycles. The maximum atomic E-state index is 12.5. The lowest BCUT2D eigenvalue weighted by Gasteiger charge is -2.10. The van der Waals surface area contributed by atoms with E-state index in [1.165, 1.54) is 0 Å². The van der Waals surface area contributed by atoms with Crippen LogP contribution in [0.15, 0.2) is 48.8 Å². The number of carbonyl (C=O) groups is 1. The van der Waals surface area contributed by atoms with Gasteiger partial charge in [0, 0.05) is 12.7 Å². The highest BCUT2D eigenvalue weighted by Gasteiger charge is 2.15. The van der Waals surface area contributed by atoms with E-state index >= 15 is 0 Å². The molecule has 0 bridgehead atoms. The summed E-state index contributed by atoms with van der Waals surface area (Å²) in [7, 11) is 3.21. The third kappa shape index (κ3) is 4.08. The average molecular weight is 366 g/mol. The number of benzene rings is 1. The first-order valence-corrected chi connectivity index (χ1v) is 8.59. The Bertz CT molecular complexity index is 922. The summed E-state index contributed by atoms with van der Waals surface area (Å²) in [5.74, 6) is 1.88. The van der Waals surface area contributed by atoms with Crippen LogP contribution in [0.2, 0.25) is 0 Å². The Labute approximate surface area is 158 Å². The van der Waals surface area contributed by atoms with E-state index in [2.05, 4.69) is 15.4 Å². The minimum absolute atomic E-state index is 0.157. The average Bonchev–Trinajstić information content (AvgIpc) is 3.09. The van der Waals surface area contributed by atoms with Gasteiger partial charge in [0.2, 0.25) is 0 Å². The molecule has 0 spiro atoms. The maximum absolute atomic E-state index is 12.5. The standard InChI is InChI=1S/C20H22N4O3/c1-14-16(13-23-24(14)19-6-4-5-10-21-19)20(25)22-11-9-15-7-8-17(26-2)18(12-15)27-3/h4-8,10,12-13H,9,11H2,1-3H3,(H,22,25). The van der Waals surface area contributed by atoms with E-state index in [1.54, 1.807) is 31.3 Å². The summed E-state index contributed by atoms with van der Waals surface area (Å²) in [5.41, 5.74) is 2.33. The zero-order valence-corrected chi connectivity index (χ0v) is 15.6. The summed E-state index contributed by atoms with van der Waals surface area (Å²) in [4.78, 5) is 16.8. The first-order chi connectivity index (χ1) is 13.1. The quantitative estimate of drug-likeness (QED) is 0.695. The Kier molecular flexibility index (Phi) is 5.71. The summed E-state index contributed by atoms with van der Waals surface area (Å²) in [6, 6.07) is 11.3. The van der Waals surface area contributed by atoms with Crippen LogP contribution in [-0.4, -0.2) is 41.4 Å². The Hall–Kier alpha value is -3.35. The Morgan fingerprint density at radius 2 is 1.96 bits per heavy atom. The Morgan fingerprint density at radius 1 is 1.15 bits per heavy atom. The van der Waals surface area contributed by atoms with Gasteiger partial charge in [-0.05, 0) is 43.2 Å². The second kappa shape index (κ2) is 8.35. The molecule has 1 amide bonds. The van der Waals surface area contributed by atoms with Crippen molar-refractivity contribution in [1.82, 2.24) is 20.1 Å². The molecule has 27 heavy (non-hydrogen) atoms. The van der Waals surface area contributed by atoms with E-state index in [1.807, 2.05) is 43.3 Å². The molecule has 0 aliphatic heterocycles. The normalized spacial score (nSPS) is 10.5. The van der Waals surface area contributed by atoms with Gasteiger partial charge in [0.1, 0.15) is 0 Å². The van der Waals surface area contributed by atoms with Crippen molar-refractivity contribution in [3.05, 3.63) is 65.6 Å². The smallest absolute Gasteiger partial charge is 0.254 e. The largest absolute Gasteiger partial charge is 0.493 e. The third-order valence-electron chi connectivity index (χ3n) is 4.27. The number of nitrogens with zero attached hydrogens (tertiary/aromatic N) is 3. The maximum Gasteiger partial charge on any atom is 0.254 e. The van der Waals surface area contributed by atoms with Crippen LogP contribution < -0.4 is 14.8 Å². The number of hydrogen-bond donors (Lipinski definition) is 1. The third-order valence-corrected chi connectivity index (χ3v) is 4.27. The van der Waals surface area contributed by atoms with Crippen LogP contribution >= 0.6 is 0 Å². The molecule has 0 aliphatic rings. The minimum atomic E-state index is -0.157. The van der Waals surface area contributed by atoms with Gasteiger partial charge < -0.3 is 14.8 Å². The van der Waals surface area contributed by atoms with Crippen LogP contribution in [0.25, 0.3) is 5.82 Å². The van der Waals surface area contributed by atoms with Gasteiger partial charge in [-0.1, -0.05) is 12.1 Å². The van der Waals surface area contributed by atoms with E-state index in [-0.39, 0.29) is 5.91 Å². The molecule has 140 valence electrons. The number of pyridine rings is 1. The zero-order chi connectivity index (χ0) is 19.2. The number of hydrogen-bond acceptors (Lipinski definition) is 5. The number of nitrogens with one attached hydrogen (secondary N) is 1. The van der Waals surface area contributed by atoms with Gasteiger partial charge in [-0.25, -0.2) is 9.67 Å². The summed E-state index contributed by atoms with van der Waals surface area (Å²) in [6.45, 7) is 2.35. The van der Waals surface area contributed by atoms with Crippen molar-refractivity contribution in [3.63, 3.8) is 0 Å². The summed E-state index contributed by atoms with van der Waals surface area (Å²) < 4.78 is 12.2. The highest BCUT2D eigenvalue weighted by molar-refractivity contribution is 5.95. The van der Waals surface area contributed by atoms with Crippen molar-refractivity contribution in [2.24, 2.45) is 0 Å². The van der Waals surface area contributed by atoms with Gasteiger partial charge in [0.25, 0.3) is 5.91 Å². The molecule has 3 aromatic rings. The van der Waals surface area contributed by atoms with Gasteiger partial charge >= 0.3 is 0 Å². The molecule has 1 aromatic carbocycles. The number of carbonyl (C=O) groups excluding carboxylic acids is 1. The second-order valence-corrected chi connectivity index (χ2v) is 5.94. The second-order valence-electron chi connectivity index (χ2n) is 5.94. The first-order valence-electron chi connectivity index (χ1n) is 8.59. The molecule has 3 rings (SSSR count). The number of amides is 1. The van der Waals surface area contributed by atoms with Gasteiger partial charge in [0.15, 0.2) is 17.3 Å². The summed E-state index contributed by atoms with van der Waals surface area (Å²) >= 11 is 0. The number of aromatic nitrogens is 3. The van der Waals surface area contributed by atoms with Crippen molar-refractivity contribution >= 4 is 5.91 Å². The number of methoxy groups -OCH3 is 2. The lowest BCUT2D eigenvalue weighted by atomic mass is 10.1. The van der Waals surface area contributed by atoms with Gasteiger partial charge in [-0.3, -0.25) is 4.79 Å². The van der Waals surface area contributed by atoms with Crippen LogP contribution in [0.4, 0.5) is 0 Å². The van der Waals surface area contributed by atoms with Crippen molar-refractivity contribution in [3.8, 4) is 17.3 Å². The van der Waals surface area contributed by atoms with Crippen LogP contribution in [0, 0.1) is 6.92 Å². The van der Waals surface area contributed by atoms with E-state index in [9.17, 15) is 4.79 Å². The number of ether oxygens (including phenoxy) is 2. The molecule has 2 heterocycles. The van der Waals surface area contributed by atoms with Crippen LogP contribution in [-0.2, 0) is 6.42 Å². The molecular formula is C20H22N4O3. The molecule has 7 heteroatoms. The molecule has 2 aromatic heterocycles. The van der Waals surface area contributed by atoms with Crippen molar-refractivity contribution in [2.45, 2.75) is 13.3 Å². The van der Waals surface area contributed by atoms with Crippen LogP contribution in [0.1, 0.15) is 21.6 Å². The number of rotatable bonds is 7. The molecule has 1 N–H and O–H groups in total. The fraction of sp³-hybridized carbons (Fsp3) is 0.250. The molecule has 0 aliphatic carbocycles. The summed E-state index contributed by atoms with van der Waals surface area (Å²) in [6.07, 6.45) is 3.94. The van der Waals surface area contributed by atoms with Crippen LogP contribution in [0.3, 0.4) is 0 Å². The Balaban J connectivity index is 1.63. The molecule has 0 saturated carbocycles. The molecule has 0 unspecified atom stereocenters. The fourth-order valence-corrected chi connectivity index (χ4v) is 2.79. The Morgan fingerprint density at radius 3 is 2.67 bits per heavy atom. The fourth-order valence-electron chi connectivity index (χ4n) is 2.79. The van der Waals surface area contributed by atoms with Crippen LogP contribution in [0.5, 0.6) is 11.5 Å². The van der Waals surface area contributed by atoms with Crippen molar-refractivity contribution < 1.29 is 14.3 Å². The summed E-state index contributed by atoms with van der Waals surface area (Å²) in [5, 5.41) is 7.21. The molecule has 0 radical (unpaired) electrons. The van der Waals surface area contributed by atoms with Gasteiger partial charge in [0.05, 0.1) is 31.7 Å². The zero-order valence-electron chi connectivity index (χ0n) is 15.6. The molecule has 0 atom stereocenters. The molecule has 0 fully saturated rings. The van der Waals surface area contributed by atoms with E-state index in [0.717, 1.165) is 11.3 Å². The van der Waals surface area contributed by atoms with Crippen molar-refractivity contribution in [2.75, 3.05) is 20.8 Å². The SMILES string of the molecule is COc1ccc(CCNC(=O)c2cnn(-c3ccccn3)c2C)cc1OC. The van der Waals surface area contributed by atoms with Crippen molar-refractivity contribution in [1.29, 1.82) is 0 Å². The van der Waals surface area contributed by atoms with Gasteiger partial charge in [-0.2, -0.15) is 5.10 Å². The predicted molar refractivity (Wildman–Crippen MR) is 102 cm³/mol. The molecular weight excluding hydrogens is 344 g/mol. The highest BCUT2D eigenvalue weighted by atomic mass is 16.5. The predicted octanol–water partition coefficient (Wildman–Crippen LogP) is 2.57. The first kappa shape index (κ1) is 18.4. The van der Waals surface area contributed by atoms with E-state index in [4.69, 9.17) is 9.47 Å². The molecule has 7 nitrogen and oxygen atoms in total. The minimum Gasteiger partial charge on any atom is -0.493 e. The van der Waals surface area contributed by atoms with E-state index < -0.39 is 0 Å². The topological polar surface area (TPSA) is 78.3 Å². The highest BCUT2D eigenvalue weighted by Crippen LogP contribution is 2.27. The monoisotopic (exact) mass is 366 g/mol.